The molecule has 3 atom stereocenters. The fourth-order valence-corrected chi connectivity index (χ4v) is 3.28. The van der Waals surface area contributed by atoms with Crippen LogP contribution in [0.15, 0.2) is 22.6 Å². The van der Waals surface area contributed by atoms with Gasteiger partial charge in [-0.25, -0.2) is 9.98 Å². The number of hydrogen-bond acceptors (Lipinski definition) is 8. The Labute approximate surface area is 110 Å². The summed E-state index contributed by atoms with van der Waals surface area (Å²) in [5.41, 5.74) is 10.5. The summed E-state index contributed by atoms with van der Waals surface area (Å²) in [6.07, 6.45) is 2.39. The average Bonchev–Trinajstić information content (AvgIpc) is 2.79. The van der Waals surface area contributed by atoms with Gasteiger partial charge in [0.15, 0.2) is 17.6 Å². The van der Waals surface area contributed by atoms with Crippen LogP contribution in [0.5, 0.6) is 0 Å². The summed E-state index contributed by atoms with van der Waals surface area (Å²) in [5, 5.41) is 23.6. The molecular weight excluding hydrogens is 248 g/mol. The molecule has 7 N–H and O–H groups in total. The van der Waals surface area contributed by atoms with Gasteiger partial charge in [-0.1, -0.05) is 6.08 Å². The van der Waals surface area contributed by atoms with Crippen LogP contribution in [-0.4, -0.2) is 57.1 Å². The van der Waals surface area contributed by atoms with Gasteiger partial charge in [0.05, 0.1) is 6.04 Å². The Balaban J connectivity index is 2.12. The Bertz CT molecular complexity index is 488. The lowest BCUT2D eigenvalue weighted by atomic mass is 9.85. The molecule has 3 aliphatic heterocycles. The first kappa shape index (κ1) is 12.2. The molecule has 3 heterocycles. The molecular formula is C11H18N6O2. The van der Waals surface area contributed by atoms with Crippen molar-refractivity contribution in [3.63, 3.8) is 0 Å². The van der Waals surface area contributed by atoms with Crippen molar-refractivity contribution in [1.82, 2.24) is 10.2 Å². The average molecular weight is 266 g/mol. The van der Waals surface area contributed by atoms with E-state index in [1.54, 1.807) is 11.0 Å². The molecule has 104 valence electrons. The predicted octanol–water partition coefficient (Wildman–Crippen LogP) is -2.37. The second-order valence-corrected chi connectivity index (χ2v) is 5.15. The van der Waals surface area contributed by atoms with Crippen LogP contribution >= 0.6 is 0 Å². The van der Waals surface area contributed by atoms with Crippen LogP contribution in [0, 0.1) is 0 Å². The fourth-order valence-electron chi connectivity index (χ4n) is 3.28. The SMILES string of the molecule is C=CC[C@H]1N=C(N)N2CCC(O)(O)[C@@]23NC(N)=N[C@@H]13. The summed E-state index contributed by atoms with van der Waals surface area (Å²) >= 11 is 0. The van der Waals surface area contributed by atoms with Crippen molar-refractivity contribution in [3.8, 4) is 0 Å². The number of guanidine groups is 2. The van der Waals surface area contributed by atoms with Gasteiger partial charge in [0.1, 0.15) is 6.04 Å². The summed E-state index contributed by atoms with van der Waals surface area (Å²) in [6.45, 7) is 4.07. The van der Waals surface area contributed by atoms with Crippen molar-refractivity contribution in [3.05, 3.63) is 12.7 Å². The van der Waals surface area contributed by atoms with Gasteiger partial charge in [0, 0.05) is 13.0 Å². The first-order chi connectivity index (χ1) is 8.92. The molecule has 0 unspecified atom stereocenters. The zero-order chi connectivity index (χ0) is 13.8. The molecule has 0 radical (unpaired) electrons. The van der Waals surface area contributed by atoms with Crippen LogP contribution in [0.25, 0.3) is 0 Å². The summed E-state index contributed by atoms with van der Waals surface area (Å²) in [6, 6.07) is -0.811. The van der Waals surface area contributed by atoms with Crippen LogP contribution in [0.1, 0.15) is 12.8 Å². The van der Waals surface area contributed by atoms with E-state index in [1.165, 1.54) is 0 Å². The molecule has 1 spiro atoms. The fraction of sp³-hybridized carbons (Fsp3) is 0.636. The minimum absolute atomic E-state index is 0.149. The molecule has 1 saturated heterocycles. The van der Waals surface area contributed by atoms with Gasteiger partial charge in [-0.15, -0.1) is 6.58 Å². The van der Waals surface area contributed by atoms with Crippen molar-refractivity contribution in [2.45, 2.75) is 36.4 Å². The zero-order valence-corrected chi connectivity index (χ0v) is 10.5. The normalized spacial score (nSPS) is 38.9. The maximum absolute atomic E-state index is 10.4. The number of nitrogens with one attached hydrogen (secondary N) is 1. The minimum atomic E-state index is -1.97. The monoisotopic (exact) mass is 266 g/mol. The van der Waals surface area contributed by atoms with E-state index in [1.807, 2.05) is 0 Å². The molecule has 0 aromatic carbocycles. The number of nitrogens with zero attached hydrogens (tertiary/aromatic N) is 3. The van der Waals surface area contributed by atoms with Crippen molar-refractivity contribution >= 4 is 11.9 Å². The third-order valence-electron chi connectivity index (χ3n) is 4.09. The summed E-state index contributed by atoms with van der Waals surface area (Å²) < 4.78 is 0. The number of aliphatic imine (C=N–C) groups is 2. The van der Waals surface area contributed by atoms with Crippen LogP contribution < -0.4 is 16.8 Å². The second-order valence-electron chi connectivity index (χ2n) is 5.15. The van der Waals surface area contributed by atoms with E-state index in [2.05, 4.69) is 21.9 Å². The molecule has 0 amide bonds. The summed E-state index contributed by atoms with van der Waals surface area (Å²) in [7, 11) is 0. The zero-order valence-electron chi connectivity index (χ0n) is 10.5. The highest BCUT2D eigenvalue weighted by Gasteiger charge is 2.69. The number of nitrogens with two attached hydrogens (primary N) is 2. The van der Waals surface area contributed by atoms with Gasteiger partial charge in [0.25, 0.3) is 0 Å². The lowest BCUT2D eigenvalue weighted by molar-refractivity contribution is -0.221. The molecule has 0 aromatic heterocycles. The van der Waals surface area contributed by atoms with Crippen LogP contribution in [0.4, 0.5) is 0 Å². The van der Waals surface area contributed by atoms with Gasteiger partial charge in [-0.3, -0.25) is 0 Å². The molecule has 0 aromatic rings. The molecule has 0 aliphatic carbocycles. The first-order valence-corrected chi connectivity index (χ1v) is 6.20. The highest BCUT2D eigenvalue weighted by Crippen LogP contribution is 2.44. The summed E-state index contributed by atoms with van der Waals surface area (Å²) in [5.74, 6) is -1.53. The minimum Gasteiger partial charge on any atom is -0.370 e. The van der Waals surface area contributed by atoms with E-state index < -0.39 is 17.5 Å². The third kappa shape index (κ3) is 1.35. The number of aliphatic hydroxyl groups is 2. The van der Waals surface area contributed by atoms with Crippen molar-refractivity contribution in [2.75, 3.05) is 6.54 Å². The quantitative estimate of drug-likeness (QED) is 0.280. The Hall–Kier alpha value is -1.80. The van der Waals surface area contributed by atoms with Gasteiger partial charge >= 0.3 is 0 Å². The molecule has 3 aliphatic rings. The number of hydrogen-bond donors (Lipinski definition) is 5. The second kappa shape index (κ2) is 3.61. The smallest absolute Gasteiger partial charge is 0.210 e. The Morgan fingerprint density at radius 1 is 1.47 bits per heavy atom. The van der Waals surface area contributed by atoms with E-state index in [9.17, 15) is 10.2 Å². The molecule has 8 heteroatoms. The van der Waals surface area contributed by atoms with E-state index in [0.717, 1.165) is 0 Å². The maximum atomic E-state index is 10.4. The molecule has 0 saturated carbocycles. The van der Waals surface area contributed by atoms with E-state index >= 15 is 0 Å². The summed E-state index contributed by atoms with van der Waals surface area (Å²) in [4.78, 5) is 10.3. The van der Waals surface area contributed by atoms with Crippen LogP contribution in [0.3, 0.4) is 0 Å². The van der Waals surface area contributed by atoms with Crippen LogP contribution in [-0.2, 0) is 0 Å². The Kier molecular flexibility index (Phi) is 2.33. The van der Waals surface area contributed by atoms with E-state index in [-0.39, 0.29) is 24.4 Å². The largest absolute Gasteiger partial charge is 0.370 e. The third-order valence-corrected chi connectivity index (χ3v) is 4.09. The van der Waals surface area contributed by atoms with Gasteiger partial charge in [-0.2, -0.15) is 0 Å². The van der Waals surface area contributed by atoms with Crippen molar-refractivity contribution in [1.29, 1.82) is 0 Å². The number of rotatable bonds is 2. The van der Waals surface area contributed by atoms with Gasteiger partial charge < -0.3 is 31.9 Å². The molecule has 3 rings (SSSR count). The molecule has 1 fully saturated rings. The Morgan fingerprint density at radius 3 is 2.89 bits per heavy atom. The predicted molar refractivity (Wildman–Crippen MR) is 70.0 cm³/mol. The Morgan fingerprint density at radius 2 is 2.21 bits per heavy atom. The first-order valence-electron chi connectivity index (χ1n) is 6.20. The van der Waals surface area contributed by atoms with Crippen LogP contribution in [0.2, 0.25) is 0 Å². The van der Waals surface area contributed by atoms with Crippen molar-refractivity contribution < 1.29 is 10.2 Å². The lowest BCUT2D eigenvalue weighted by Crippen LogP contribution is -2.76. The molecule has 8 nitrogen and oxygen atoms in total. The van der Waals surface area contributed by atoms with E-state index in [4.69, 9.17) is 11.5 Å². The lowest BCUT2D eigenvalue weighted by Gasteiger charge is -2.48. The highest BCUT2D eigenvalue weighted by atomic mass is 16.5. The van der Waals surface area contributed by atoms with Gasteiger partial charge in [-0.05, 0) is 6.42 Å². The molecule has 0 bridgehead atoms. The maximum Gasteiger partial charge on any atom is 0.210 e. The van der Waals surface area contributed by atoms with E-state index in [0.29, 0.717) is 13.0 Å². The topological polar surface area (TPSA) is 132 Å². The highest BCUT2D eigenvalue weighted by molar-refractivity contribution is 5.87. The van der Waals surface area contributed by atoms with Crippen molar-refractivity contribution in [2.24, 2.45) is 21.5 Å². The standard InChI is InChI=1S/C11H18N6O2/c1-2-3-6-7-11(16-8(12)15-7)10(18,19)4-5-17(11)9(13)14-6/h2,6-7,18-19H,1,3-5H2,(H2,13,14)(H3,12,15,16)/t6-,7+,11+/m1/s1. The van der Waals surface area contributed by atoms with Gasteiger partial charge in [0.2, 0.25) is 5.79 Å². The molecule has 19 heavy (non-hydrogen) atoms.